The van der Waals surface area contributed by atoms with E-state index in [1.807, 2.05) is 18.5 Å². The largest absolute Gasteiger partial charge is 0.495 e. The molecular formula is C16H19ClN4O2S. The number of ether oxygens (including phenoxy) is 1. The molecule has 1 amide bonds. The molecule has 0 aliphatic heterocycles. The number of nitrogens with one attached hydrogen (secondary N) is 1. The van der Waals surface area contributed by atoms with Crippen LogP contribution >= 0.6 is 23.4 Å². The molecule has 0 unspecified atom stereocenters. The molecule has 24 heavy (non-hydrogen) atoms. The van der Waals surface area contributed by atoms with Crippen molar-refractivity contribution >= 4 is 35.0 Å². The molecule has 0 spiro atoms. The third kappa shape index (κ3) is 3.67. The molecule has 3 rings (SSSR count). The Labute approximate surface area is 149 Å². The van der Waals surface area contributed by atoms with Gasteiger partial charge in [-0.2, -0.15) is 0 Å². The standard InChI is InChI=1S/C16H19ClN4O2S/c1-9(24-16-20-19-14(21(16)2)10-4-5-10)15(22)18-12-8-11(17)6-7-13(12)23-3/h6-10H,4-5H2,1-3H3,(H,18,22)/t9-/m0/s1. The molecule has 6 nitrogen and oxygen atoms in total. The molecule has 0 saturated heterocycles. The van der Waals surface area contributed by atoms with E-state index in [1.165, 1.54) is 24.6 Å². The average molecular weight is 367 g/mol. The van der Waals surface area contributed by atoms with Crippen molar-refractivity contribution in [2.45, 2.75) is 36.1 Å². The molecule has 1 aromatic carbocycles. The van der Waals surface area contributed by atoms with E-state index in [4.69, 9.17) is 16.3 Å². The number of amides is 1. The van der Waals surface area contributed by atoms with Gasteiger partial charge < -0.3 is 14.6 Å². The quantitative estimate of drug-likeness (QED) is 0.793. The first-order chi connectivity index (χ1) is 11.5. The number of hydrogen-bond donors (Lipinski definition) is 1. The highest BCUT2D eigenvalue weighted by atomic mass is 35.5. The van der Waals surface area contributed by atoms with Crippen LogP contribution in [0.1, 0.15) is 31.5 Å². The van der Waals surface area contributed by atoms with Crippen molar-refractivity contribution in [1.29, 1.82) is 0 Å². The molecule has 128 valence electrons. The van der Waals surface area contributed by atoms with E-state index >= 15 is 0 Å². The van der Waals surface area contributed by atoms with E-state index in [1.54, 1.807) is 25.3 Å². The zero-order valence-corrected chi connectivity index (χ0v) is 15.3. The van der Waals surface area contributed by atoms with Crippen LogP contribution in [-0.2, 0) is 11.8 Å². The number of methoxy groups -OCH3 is 1. The van der Waals surface area contributed by atoms with Crippen molar-refractivity contribution in [2.75, 3.05) is 12.4 Å². The highest BCUT2D eigenvalue weighted by Crippen LogP contribution is 2.40. The fraction of sp³-hybridized carbons (Fsp3) is 0.438. The Morgan fingerprint density at radius 2 is 2.21 bits per heavy atom. The molecular weight excluding hydrogens is 348 g/mol. The van der Waals surface area contributed by atoms with Gasteiger partial charge in [0.25, 0.3) is 0 Å². The number of carbonyl (C=O) groups is 1. The summed E-state index contributed by atoms with van der Waals surface area (Å²) in [5.41, 5.74) is 0.555. The van der Waals surface area contributed by atoms with Crippen LogP contribution in [0.25, 0.3) is 0 Å². The van der Waals surface area contributed by atoms with Crippen LogP contribution < -0.4 is 10.1 Å². The van der Waals surface area contributed by atoms with Gasteiger partial charge in [-0.3, -0.25) is 4.79 Å². The second-order valence-electron chi connectivity index (χ2n) is 5.77. The van der Waals surface area contributed by atoms with Gasteiger partial charge in [0.2, 0.25) is 5.91 Å². The lowest BCUT2D eigenvalue weighted by molar-refractivity contribution is -0.115. The van der Waals surface area contributed by atoms with Gasteiger partial charge in [-0.05, 0) is 38.0 Å². The number of aromatic nitrogens is 3. The van der Waals surface area contributed by atoms with Crippen molar-refractivity contribution in [2.24, 2.45) is 7.05 Å². The van der Waals surface area contributed by atoms with Crippen LogP contribution in [0.2, 0.25) is 5.02 Å². The Kier molecular flexibility index (Phi) is 5.01. The van der Waals surface area contributed by atoms with Crippen molar-refractivity contribution in [3.63, 3.8) is 0 Å². The number of benzene rings is 1. The number of rotatable bonds is 6. The van der Waals surface area contributed by atoms with Gasteiger partial charge >= 0.3 is 0 Å². The number of carbonyl (C=O) groups excluding carboxylic acids is 1. The summed E-state index contributed by atoms with van der Waals surface area (Å²) in [4.78, 5) is 12.5. The van der Waals surface area contributed by atoms with Crippen molar-refractivity contribution in [3.05, 3.63) is 29.0 Å². The molecule has 0 radical (unpaired) electrons. The zero-order valence-electron chi connectivity index (χ0n) is 13.7. The number of halogens is 1. The Morgan fingerprint density at radius 3 is 2.88 bits per heavy atom. The third-order valence-electron chi connectivity index (χ3n) is 3.88. The Bertz CT molecular complexity index is 761. The van der Waals surface area contributed by atoms with Gasteiger partial charge in [0.15, 0.2) is 5.16 Å². The SMILES string of the molecule is COc1ccc(Cl)cc1NC(=O)[C@H](C)Sc1nnc(C2CC2)n1C. The topological polar surface area (TPSA) is 69.0 Å². The molecule has 1 saturated carbocycles. The molecule has 1 aromatic heterocycles. The number of anilines is 1. The highest BCUT2D eigenvalue weighted by Gasteiger charge is 2.30. The Morgan fingerprint density at radius 1 is 1.46 bits per heavy atom. The second-order valence-corrected chi connectivity index (χ2v) is 7.51. The smallest absolute Gasteiger partial charge is 0.237 e. The Balaban J connectivity index is 1.68. The summed E-state index contributed by atoms with van der Waals surface area (Å²) in [6, 6.07) is 5.11. The van der Waals surface area contributed by atoms with E-state index in [-0.39, 0.29) is 11.2 Å². The van der Waals surface area contributed by atoms with E-state index in [2.05, 4.69) is 15.5 Å². The monoisotopic (exact) mass is 366 g/mol. The molecule has 0 bridgehead atoms. The summed E-state index contributed by atoms with van der Waals surface area (Å²) in [5.74, 6) is 1.95. The minimum Gasteiger partial charge on any atom is -0.495 e. The predicted molar refractivity (Wildman–Crippen MR) is 94.9 cm³/mol. The summed E-state index contributed by atoms with van der Waals surface area (Å²) in [5, 5.41) is 12.3. The van der Waals surface area contributed by atoms with Gasteiger partial charge in [0, 0.05) is 18.0 Å². The first kappa shape index (κ1) is 17.1. The molecule has 1 atom stereocenters. The summed E-state index contributed by atoms with van der Waals surface area (Å²) in [7, 11) is 3.50. The van der Waals surface area contributed by atoms with Crippen molar-refractivity contribution in [1.82, 2.24) is 14.8 Å². The highest BCUT2D eigenvalue weighted by molar-refractivity contribution is 8.00. The lowest BCUT2D eigenvalue weighted by Crippen LogP contribution is -2.23. The molecule has 1 fully saturated rings. The molecule has 8 heteroatoms. The summed E-state index contributed by atoms with van der Waals surface area (Å²) < 4.78 is 7.23. The maximum Gasteiger partial charge on any atom is 0.237 e. The summed E-state index contributed by atoms with van der Waals surface area (Å²) in [6.07, 6.45) is 2.34. The van der Waals surface area contributed by atoms with E-state index in [0.717, 1.165) is 11.0 Å². The first-order valence-electron chi connectivity index (χ1n) is 7.70. The molecule has 1 heterocycles. The van der Waals surface area contributed by atoms with Crippen LogP contribution in [-0.4, -0.2) is 33.0 Å². The third-order valence-corrected chi connectivity index (χ3v) is 5.25. The van der Waals surface area contributed by atoms with E-state index in [0.29, 0.717) is 22.4 Å². The normalized spacial score (nSPS) is 15.2. The number of thioether (sulfide) groups is 1. The van der Waals surface area contributed by atoms with Crippen molar-refractivity contribution < 1.29 is 9.53 Å². The molecule has 2 aromatic rings. The second kappa shape index (κ2) is 7.03. The van der Waals surface area contributed by atoms with Gasteiger partial charge in [-0.15, -0.1) is 10.2 Å². The maximum absolute atomic E-state index is 12.5. The summed E-state index contributed by atoms with van der Waals surface area (Å²) >= 11 is 7.38. The zero-order chi connectivity index (χ0) is 17.3. The molecule has 1 N–H and O–H groups in total. The lowest BCUT2D eigenvalue weighted by atomic mass is 10.3. The van der Waals surface area contributed by atoms with Crippen LogP contribution in [0, 0.1) is 0 Å². The average Bonchev–Trinajstić information content (AvgIpc) is 3.33. The fourth-order valence-corrected chi connectivity index (χ4v) is 3.34. The van der Waals surface area contributed by atoms with Gasteiger partial charge in [-0.1, -0.05) is 23.4 Å². The Hall–Kier alpha value is -1.73. The van der Waals surface area contributed by atoms with E-state index < -0.39 is 0 Å². The number of hydrogen-bond acceptors (Lipinski definition) is 5. The van der Waals surface area contributed by atoms with Gasteiger partial charge in [-0.25, -0.2) is 0 Å². The van der Waals surface area contributed by atoms with Crippen LogP contribution in [0.5, 0.6) is 5.75 Å². The van der Waals surface area contributed by atoms with E-state index in [9.17, 15) is 4.79 Å². The lowest BCUT2D eigenvalue weighted by Gasteiger charge is -2.14. The molecule has 1 aliphatic carbocycles. The minimum atomic E-state index is -0.330. The van der Waals surface area contributed by atoms with Crippen molar-refractivity contribution in [3.8, 4) is 5.75 Å². The molecule has 1 aliphatic rings. The van der Waals surface area contributed by atoms with Crippen LogP contribution in [0.4, 0.5) is 5.69 Å². The summed E-state index contributed by atoms with van der Waals surface area (Å²) in [6.45, 7) is 1.84. The predicted octanol–water partition coefficient (Wildman–Crippen LogP) is 3.47. The minimum absolute atomic E-state index is 0.142. The maximum atomic E-state index is 12.5. The number of nitrogens with zero attached hydrogens (tertiary/aromatic N) is 3. The van der Waals surface area contributed by atoms with Gasteiger partial charge in [0.05, 0.1) is 18.0 Å². The van der Waals surface area contributed by atoms with Gasteiger partial charge in [0.1, 0.15) is 11.6 Å². The van der Waals surface area contributed by atoms with Crippen LogP contribution in [0.3, 0.4) is 0 Å². The first-order valence-corrected chi connectivity index (χ1v) is 8.95. The fourth-order valence-electron chi connectivity index (χ4n) is 2.35. The van der Waals surface area contributed by atoms with Crippen LogP contribution in [0.15, 0.2) is 23.4 Å².